The largest absolute Gasteiger partial charge is 0.353 e. The molecule has 4 nitrogen and oxygen atoms in total. The molecular formula is C19H28N2O2. The smallest absolute Gasteiger partial charge is 0.253 e. The van der Waals surface area contributed by atoms with Crippen molar-refractivity contribution in [2.45, 2.75) is 46.6 Å². The van der Waals surface area contributed by atoms with E-state index in [1.54, 1.807) is 0 Å². The van der Waals surface area contributed by atoms with Gasteiger partial charge >= 0.3 is 0 Å². The molecule has 0 spiro atoms. The Morgan fingerprint density at radius 1 is 1.09 bits per heavy atom. The summed E-state index contributed by atoms with van der Waals surface area (Å²) in [5, 5.41) is 3.09. The zero-order valence-corrected chi connectivity index (χ0v) is 14.6. The first-order valence-corrected chi connectivity index (χ1v) is 8.54. The number of benzene rings is 1. The Kier molecular flexibility index (Phi) is 5.80. The van der Waals surface area contributed by atoms with Crippen molar-refractivity contribution < 1.29 is 9.59 Å². The highest BCUT2D eigenvalue weighted by Crippen LogP contribution is 2.20. The van der Waals surface area contributed by atoms with Crippen LogP contribution in [0.1, 0.15) is 49.5 Å². The molecule has 1 aliphatic rings. The molecular weight excluding hydrogens is 288 g/mol. The minimum absolute atomic E-state index is 0.0262. The molecule has 1 atom stereocenters. The number of rotatable bonds is 4. The zero-order chi connectivity index (χ0) is 17.0. The Labute approximate surface area is 139 Å². The van der Waals surface area contributed by atoms with Crippen molar-refractivity contribution in [2.24, 2.45) is 11.8 Å². The lowest BCUT2D eigenvalue weighted by Crippen LogP contribution is -2.45. The minimum atomic E-state index is 0.0262. The summed E-state index contributed by atoms with van der Waals surface area (Å²) in [4.78, 5) is 26.6. The molecule has 0 aromatic heterocycles. The maximum absolute atomic E-state index is 12.5. The van der Waals surface area contributed by atoms with Crippen molar-refractivity contribution in [3.05, 3.63) is 35.4 Å². The van der Waals surface area contributed by atoms with Gasteiger partial charge in [-0.1, -0.05) is 31.5 Å². The standard InChI is InChI=1S/C19H28N2O2/c1-13(2)15(4)20-18(22)16-9-11-21(12-10-16)19(23)17-7-5-14(3)6-8-17/h5-8,13,15-16H,9-12H2,1-4H3,(H,20,22)/t15-/m1/s1. The molecule has 0 bridgehead atoms. The fraction of sp³-hybridized carbons (Fsp3) is 0.579. The number of likely N-dealkylation sites (tertiary alicyclic amines) is 1. The van der Waals surface area contributed by atoms with Gasteiger partial charge in [-0.15, -0.1) is 0 Å². The Balaban J connectivity index is 1.87. The maximum Gasteiger partial charge on any atom is 0.253 e. The summed E-state index contributed by atoms with van der Waals surface area (Å²) >= 11 is 0. The Morgan fingerprint density at radius 3 is 2.17 bits per heavy atom. The third kappa shape index (κ3) is 4.57. The molecule has 0 aliphatic carbocycles. The fourth-order valence-electron chi connectivity index (χ4n) is 2.73. The molecule has 1 aromatic carbocycles. The monoisotopic (exact) mass is 316 g/mol. The van der Waals surface area contributed by atoms with E-state index >= 15 is 0 Å². The minimum Gasteiger partial charge on any atom is -0.353 e. The number of amides is 2. The van der Waals surface area contributed by atoms with Gasteiger partial charge in [-0.25, -0.2) is 0 Å². The van der Waals surface area contributed by atoms with E-state index in [9.17, 15) is 9.59 Å². The maximum atomic E-state index is 12.5. The summed E-state index contributed by atoms with van der Waals surface area (Å²) in [5.41, 5.74) is 1.88. The molecule has 0 saturated carbocycles. The van der Waals surface area contributed by atoms with Gasteiger partial charge in [0.15, 0.2) is 0 Å². The molecule has 1 fully saturated rings. The molecule has 2 rings (SSSR count). The highest BCUT2D eigenvalue weighted by molar-refractivity contribution is 5.94. The topological polar surface area (TPSA) is 49.4 Å². The van der Waals surface area contributed by atoms with Crippen LogP contribution in [0, 0.1) is 18.8 Å². The van der Waals surface area contributed by atoms with Gasteiger partial charge in [0, 0.05) is 30.6 Å². The number of carbonyl (C=O) groups excluding carboxylic acids is 2. The molecule has 126 valence electrons. The van der Waals surface area contributed by atoms with Crippen LogP contribution in [-0.2, 0) is 4.79 Å². The fourth-order valence-corrected chi connectivity index (χ4v) is 2.73. The van der Waals surface area contributed by atoms with Gasteiger partial charge in [-0.05, 0) is 44.7 Å². The van der Waals surface area contributed by atoms with Gasteiger partial charge in [0.25, 0.3) is 5.91 Å². The molecule has 2 amide bonds. The summed E-state index contributed by atoms with van der Waals surface area (Å²) in [5.74, 6) is 0.661. The normalized spacial score (nSPS) is 17.2. The first kappa shape index (κ1) is 17.5. The number of aryl methyl sites for hydroxylation is 1. The van der Waals surface area contributed by atoms with E-state index in [-0.39, 0.29) is 23.8 Å². The van der Waals surface area contributed by atoms with E-state index in [1.165, 1.54) is 0 Å². The second kappa shape index (κ2) is 7.62. The lowest BCUT2D eigenvalue weighted by atomic mass is 9.94. The van der Waals surface area contributed by atoms with Crippen molar-refractivity contribution in [3.63, 3.8) is 0 Å². The van der Waals surface area contributed by atoms with Crippen LogP contribution >= 0.6 is 0 Å². The average Bonchev–Trinajstić information content (AvgIpc) is 2.55. The number of nitrogens with one attached hydrogen (secondary N) is 1. The van der Waals surface area contributed by atoms with Gasteiger partial charge < -0.3 is 10.2 Å². The van der Waals surface area contributed by atoms with Crippen LogP contribution in [0.3, 0.4) is 0 Å². The van der Waals surface area contributed by atoms with Crippen molar-refractivity contribution in [1.82, 2.24) is 10.2 Å². The van der Waals surface area contributed by atoms with Crippen molar-refractivity contribution in [3.8, 4) is 0 Å². The third-order valence-electron chi connectivity index (χ3n) is 4.82. The molecule has 1 saturated heterocycles. The lowest BCUT2D eigenvalue weighted by Gasteiger charge is -2.32. The van der Waals surface area contributed by atoms with Crippen LogP contribution in [0.15, 0.2) is 24.3 Å². The second-order valence-corrected chi connectivity index (χ2v) is 6.97. The molecule has 1 aliphatic heterocycles. The second-order valence-electron chi connectivity index (χ2n) is 6.97. The predicted octanol–water partition coefficient (Wildman–Crippen LogP) is 3.01. The first-order valence-electron chi connectivity index (χ1n) is 8.54. The van der Waals surface area contributed by atoms with Crippen LogP contribution < -0.4 is 5.32 Å². The van der Waals surface area contributed by atoms with Crippen molar-refractivity contribution in [1.29, 1.82) is 0 Å². The van der Waals surface area contributed by atoms with Gasteiger partial charge in [0.05, 0.1) is 0 Å². The van der Waals surface area contributed by atoms with Crippen LogP contribution in [0.5, 0.6) is 0 Å². The zero-order valence-electron chi connectivity index (χ0n) is 14.6. The quantitative estimate of drug-likeness (QED) is 0.928. The summed E-state index contributed by atoms with van der Waals surface area (Å²) < 4.78 is 0. The predicted molar refractivity (Wildman–Crippen MR) is 92.2 cm³/mol. The molecule has 1 aromatic rings. The Morgan fingerprint density at radius 2 is 1.65 bits per heavy atom. The van der Waals surface area contributed by atoms with Gasteiger partial charge in [0.1, 0.15) is 0 Å². The Bertz CT molecular complexity index is 543. The summed E-state index contributed by atoms with van der Waals surface area (Å²) in [6.07, 6.45) is 1.49. The molecule has 0 radical (unpaired) electrons. The first-order chi connectivity index (χ1) is 10.9. The van der Waals surface area contributed by atoms with E-state index in [1.807, 2.05) is 43.0 Å². The van der Waals surface area contributed by atoms with Crippen LogP contribution in [-0.4, -0.2) is 35.8 Å². The van der Waals surface area contributed by atoms with E-state index < -0.39 is 0 Å². The molecule has 4 heteroatoms. The van der Waals surface area contributed by atoms with Gasteiger partial charge in [-0.3, -0.25) is 9.59 Å². The number of nitrogens with zero attached hydrogens (tertiary/aromatic N) is 1. The van der Waals surface area contributed by atoms with Crippen LogP contribution in [0.4, 0.5) is 0 Å². The Hall–Kier alpha value is -1.84. The van der Waals surface area contributed by atoms with E-state index in [0.29, 0.717) is 19.0 Å². The van der Waals surface area contributed by atoms with E-state index in [0.717, 1.165) is 24.0 Å². The van der Waals surface area contributed by atoms with Crippen LogP contribution in [0.2, 0.25) is 0 Å². The van der Waals surface area contributed by atoms with E-state index in [2.05, 4.69) is 19.2 Å². The third-order valence-corrected chi connectivity index (χ3v) is 4.82. The van der Waals surface area contributed by atoms with Crippen LogP contribution in [0.25, 0.3) is 0 Å². The molecule has 0 unspecified atom stereocenters. The van der Waals surface area contributed by atoms with Gasteiger partial charge in [-0.2, -0.15) is 0 Å². The lowest BCUT2D eigenvalue weighted by molar-refractivity contribution is -0.127. The SMILES string of the molecule is Cc1ccc(C(=O)N2CCC(C(=O)N[C@H](C)C(C)C)CC2)cc1. The number of carbonyl (C=O) groups is 2. The molecule has 1 heterocycles. The number of piperidine rings is 1. The molecule has 23 heavy (non-hydrogen) atoms. The average molecular weight is 316 g/mol. The summed E-state index contributed by atoms with van der Waals surface area (Å²) in [6, 6.07) is 7.86. The summed E-state index contributed by atoms with van der Waals surface area (Å²) in [7, 11) is 0. The van der Waals surface area contributed by atoms with E-state index in [4.69, 9.17) is 0 Å². The highest BCUT2D eigenvalue weighted by Gasteiger charge is 2.28. The van der Waals surface area contributed by atoms with Crippen molar-refractivity contribution in [2.75, 3.05) is 13.1 Å². The van der Waals surface area contributed by atoms with Gasteiger partial charge in [0.2, 0.25) is 5.91 Å². The highest BCUT2D eigenvalue weighted by atomic mass is 16.2. The van der Waals surface area contributed by atoms with Crippen molar-refractivity contribution >= 4 is 11.8 Å². The number of hydrogen-bond acceptors (Lipinski definition) is 2. The number of hydrogen-bond donors (Lipinski definition) is 1. The molecule has 1 N–H and O–H groups in total. The summed E-state index contributed by atoms with van der Waals surface area (Å²) in [6.45, 7) is 9.57.